The zero-order chi connectivity index (χ0) is 11.1. The van der Waals surface area contributed by atoms with Gasteiger partial charge in [0, 0.05) is 32.4 Å². The first-order valence-corrected chi connectivity index (χ1v) is 6.20. The summed E-state index contributed by atoms with van der Waals surface area (Å²) in [5, 5.41) is 4.27. The number of aryl methyl sites for hydroxylation is 1. The molecule has 0 saturated carbocycles. The van der Waals surface area contributed by atoms with E-state index >= 15 is 0 Å². The second kappa shape index (κ2) is 3.90. The molecule has 1 aromatic heterocycles. The second-order valence-corrected chi connectivity index (χ2v) is 5.19. The van der Waals surface area contributed by atoms with Gasteiger partial charge < -0.3 is 10.2 Å². The van der Waals surface area contributed by atoms with E-state index < -0.39 is 0 Å². The van der Waals surface area contributed by atoms with E-state index in [-0.39, 0.29) is 0 Å². The molecule has 2 fully saturated rings. The zero-order valence-electron chi connectivity index (χ0n) is 9.41. The van der Waals surface area contributed by atoms with Crippen molar-refractivity contribution in [3.05, 3.63) is 23.0 Å². The molecule has 0 aliphatic carbocycles. The van der Waals surface area contributed by atoms with E-state index in [0.29, 0.717) is 0 Å². The number of aromatic nitrogens is 1. The van der Waals surface area contributed by atoms with Crippen LogP contribution in [0.5, 0.6) is 0 Å². The number of anilines is 1. The summed E-state index contributed by atoms with van der Waals surface area (Å²) in [6.07, 6.45) is 1.85. The predicted octanol–water partition coefficient (Wildman–Crippen LogP) is 1.70. The van der Waals surface area contributed by atoms with Gasteiger partial charge in [0.1, 0.15) is 0 Å². The largest absolute Gasteiger partial charge is 0.370 e. The van der Waals surface area contributed by atoms with E-state index in [9.17, 15) is 0 Å². The molecule has 0 spiro atoms. The van der Waals surface area contributed by atoms with Crippen LogP contribution in [-0.4, -0.2) is 31.2 Å². The summed E-state index contributed by atoms with van der Waals surface area (Å²) in [5.74, 6) is 1.59. The molecule has 2 aliphatic rings. The van der Waals surface area contributed by atoms with Crippen molar-refractivity contribution in [3.8, 4) is 0 Å². The Bertz CT molecular complexity index is 395. The first-order valence-electron chi connectivity index (χ1n) is 5.82. The van der Waals surface area contributed by atoms with Gasteiger partial charge in [0.25, 0.3) is 0 Å². The molecular weight excluding hydrogens is 222 g/mol. The van der Waals surface area contributed by atoms with Crippen molar-refractivity contribution >= 4 is 17.3 Å². The molecule has 0 unspecified atom stereocenters. The fourth-order valence-electron chi connectivity index (χ4n) is 2.83. The van der Waals surface area contributed by atoms with Crippen molar-refractivity contribution in [2.75, 3.05) is 31.1 Å². The number of halogens is 1. The molecule has 3 heterocycles. The molecule has 0 aromatic carbocycles. The molecule has 2 saturated heterocycles. The average molecular weight is 238 g/mol. The van der Waals surface area contributed by atoms with E-state index in [2.05, 4.69) is 15.2 Å². The number of hydrogen-bond acceptors (Lipinski definition) is 3. The van der Waals surface area contributed by atoms with Gasteiger partial charge in [-0.3, -0.25) is 4.98 Å². The Morgan fingerprint density at radius 2 is 2.06 bits per heavy atom. The smallest absolute Gasteiger partial charge is 0.0851 e. The SMILES string of the molecule is Cc1nccc(N2C[C@H]3CNC[C@H]3C2)c1Cl. The first kappa shape index (κ1) is 10.4. The Kier molecular flexibility index (Phi) is 2.52. The monoisotopic (exact) mass is 237 g/mol. The van der Waals surface area contributed by atoms with Gasteiger partial charge >= 0.3 is 0 Å². The van der Waals surface area contributed by atoms with Gasteiger partial charge in [-0.1, -0.05) is 11.6 Å². The molecule has 2 atom stereocenters. The maximum absolute atomic E-state index is 6.31. The summed E-state index contributed by atoms with van der Waals surface area (Å²) in [7, 11) is 0. The van der Waals surface area contributed by atoms with Crippen LogP contribution in [0, 0.1) is 18.8 Å². The Hall–Kier alpha value is -0.800. The zero-order valence-corrected chi connectivity index (χ0v) is 10.2. The highest BCUT2D eigenvalue weighted by Crippen LogP contribution is 2.34. The van der Waals surface area contributed by atoms with Gasteiger partial charge in [-0.25, -0.2) is 0 Å². The normalized spacial score (nSPS) is 28.5. The summed E-state index contributed by atoms with van der Waals surface area (Å²) < 4.78 is 0. The van der Waals surface area contributed by atoms with Gasteiger partial charge in [-0.2, -0.15) is 0 Å². The quantitative estimate of drug-likeness (QED) is 0.806. The summed E-state index contributed by atoms with van der Waals surface area (Å²) in [4.78, 5) is 6.62. The van der Waals surface area contributed by atoms with Crippen molar-refractivity contribution in [2.24, 2.45) is 11.8 Å². The van der Waals surface area contributed by atoms with Crippen LogP contribution in [0.15, 0.2) is 12.3 Å². The van der Waals surface area contributed by atoms with E-state index in [1.54, 1.807) is 0 Å². The van der Waals surface area contributed by atoms with Crippen LogP contribution in [0.4, 0.5) is 5.69 Å². The summed E-state index contributed by atoms with van der Waals surface area (Å²) >= 11 is 6.31. The van der Waals surface area contributed by atoms with Crippen molar-refractivity contribution in [2.45, 2.75) is 6.92 Å². The number of rotatable bonds is 1. The minimum atomic E-state index is 0.796. The van der Waals surface area contributed by atoms with Crippen molar-refractivity contribution in [1.82, 2.24) is 10.3 Å². The molecule has 86 valence electrons. The third-order valence-electron chi connectivity index (χ3n) is 3.77. The lowest BCUT2D eigenvalue weighted by molar-refractivity contribution is 0.533. The molecule has 2 aliphatic heterocycles. The number of hydrogen-bond donors (Lipinski definition) is 1. The van der Waals surface area contributed by atoms with E-state index in [1.807, 2.05) is 19.2 Å². The molecule has 3 rings (SSSR count). The molecule has 3 nitrogen and oxygen atoms in total. The highest BCUT2D eigenvalue weighted by Gasteiger charge is 2.36. The third kappa shape index (κ3) is 1.59. The topological polar surface area (TPSA) is 28.2 Å². The minimum Gasteiger partial charge on any atom is -0.370 e. The predicted molar refractivity (Wildman–Crippen MR) is 66.0 cm³/mol. The number of nitrogens with zero attached hydrogens (tertiary/aromatic N) is 2. The molecule has 16 heavy (non-hydrogen) atoms. The fraction of sp³-hybridized carbons (Fsp3) is 0.583. The molecule has 0 amide bonds. The number of fused-ring (bicyclic) bond motifs is 1. The van der Waals surface area contributed by atoms with Crippen molar-refractivity contribution < 1.29 is 0 Å². The van der Waals surface area contributed by atoms with Crippen LogP contribution < -0.4 is 10.2 Å². The van der Waals surface area contributed by atoms with Crippen LogP contribution in [0.25, 0.3) is 0 Å². The van der Waals surface area contributed by atoms with Gasteiger partial charge in [-0.05, 0) is 24.8 Å². The van der Waals surface area contributed by atoms with Gasteiger partial charge in [0.2, 0.25) is 0 Å². The summed E-state index contributed by atoms with van der Waals surface area (Å²) in [6.45, 7) is 6.53. The van der Waals surface area contributed by atoms with Crippen LogP contribution in [0.3, 0.4) is 0 Å². The lowest BCUT2D eigenvalue weighted by atomic mass is 10.0. The van der Waals surface area contributed by atoms with Gasteiger partial charge in [0.15, 0.2) is 0 Å². The van der Waals surface area contributed by atoms with Crippen LogP contribution in [0.2, 0.25) is 5.02 Å². The molecular formula is C12H16ClN3. The second-order valence-electron chi connectivity index (χ2n) is 4.81. The molecule has 1 aromatic rings. The highest BCUT2D eigenvalue weighted by atomic mass is 35.5. The van der Waals surface area contributed by atoms with E-state index in [4.69, 9.17) is 11.6 Å². The van der Waals surface area contributed by atoms with Crippen LogP contribution in [-0.2, 0) is 0 Å². The number of nitrogens with one attached hydrogen (secondary N) is 1. The van der Waals surface area contributed by atoms with Crippen molar-refractivity contribution in [3.63, 3.8) is 0 Å². The lowest BCUT2D eigenvalue weighted by Crippen LogP contribution is -2.25. The van der Waals surface area contributed by atoms with E-state index in [0.717, 1.165) is 54.4 Å². The lowest BCUT2D eigenvalue weighted by Gasteiger charge is -2.21. The Morgan fingerprint density at radius 3 is 2.75 bits per heavy atom. The standard InChI is InChI=1S/C12H16ClN3/c1-8-12(13)11(2-3-15-8)16-6-9-4-14-5-10(9)7-16/h2-3,9-10,14H,4-7H2,1H3/t9-,10+. The Labute approximate surface area is 101 Å². The molecule has 1 N–H and O–H groups in total. The van der Waals surface area contributed by atoms with Crippen LogP contribution in [0.1, 0.15) is 5.69 Å². The maximum atomic E-state index is 6.31. The first-order chi connectivity index (χ1) is 7.75. The fourth-order valence-corrected chi connectivity index (χ4v) is 3.06. The van der Waals surface area contributed by atoms with Crippen LogP contribution >= 0.6 is 11.6 Å². The van der Waals surface area contributed by atoms with Crippen molar-refractivity contribution in [1.29, 1.82) is 0 Å². The van der Waals surface area contributed by atoms with E-state index in [1.165, 1.54) is 0 Å². The maximum Gasteiger partial charge on any atom is 0.0851 e. The Balaban J connectivity index is 1.86. The molecule has 4 heteroatoms. The molecule has 0 radical (unpaired) electrons. The molecule has 0 bridgehead atoms. The van der Waals surface area contributed by atoms with Gasteiger partial charge in [-0.15, -0.1) is 0 Å². The highest BCUT2D eigenvalue weighted by molar-refractivity contribution is 6.33. The minimum absolute atomic E-state index is 0.796. The van der Waals surface area contributed by atoms with Gasteiger partial charge in [0.05, 0.1) is 16.4 Å². The summed E-state index contributed by atoms with van der Waals surface area (Å²) in [5.41, 5.74) is 2.08. The average Bonchev–Trinajstić information content (AvgIpc) is 2.81. The Morgan fingerprint density at radius 1 is 1.38 bits per heavy atom. The summed E-state index contributed by atoms with van der Waals surface area (Å²) in [6, 6.07) is 2.03. The number of pyridine rings is 1. The third-order valence-corrected chi connectivity index (χ3v) is 4.24.